The first kappa shape index (κ1) is 12.0. The average molecular weight is 194 g/mol. The molecule has 0 fully saturated rings. The molecule has 0 atom stereocenters. The zero-order valence-electron chi connectivity index (χ0n) is 6.78. The number of aliphatic carboxylic acids is 1. The van der Waals surface area contributed by atoms with Crippen molar-refractivity contribution in [2.24, 2.45) is 0 Å². The Morgan fingerprint density at radius 2 is 2.42 bits per heavy atom. The van der Waals surface area contributed by atoms with Crippen LogP contribution in [-0.2, 0) is 4.79 Å². The molecule has 0 unspecified atom stereocenters. The summed E-state index contributed by atoms with van der Waals surface area (Å²) in [4.78, 5) is 9.94. The molecule has 0 bridgehead atoms. The Morgan fingerprint density at radius 3 is 2.92 bits per heavy atom. The number of carboxylic acids is 1. The van der Waals surface area contributed by atoms with Crippen LogP contribution < -0.4 is 39.4 Å². The van der Waals surface area contributed by atoms with Crippen LogP contribution in [0.5, 0.6) is 5.75 Å². The number of carbonyl (C=O) groups excluding carboxylic acids is 1. The van der Waals surface area contributed by atoms with Gasteiger partial charge in [0.1, 0.15) is 5.75 Å². The van der Waals surface area contributed by atoms with Crippen LogP contribution in [0.25, 0.3) is 0 Å². The average Bonchev–Trinajstić information content (AvgIpc) is 2.39. The molecule has 0 spiro atoms. The van der Waals surface area contributed by atoms with E-state index in [4.69, 9.17) is 4.74 Å². The van der Waals surface area contributed by atoms with E-state index in [9.17, 15) is 9.90 Å². The summed E-state index contributed by atoms with van der Waals surface area (Å²) in [7, 11) is 0. The summed E-state index contributed by atoms with van der Waals surface area (Å²) in [6.07, 6.45) is -0.0597. The van der Waals surface area contributed by atoms with Gasteiger partial charge in [-0.1, -0.05) is 0 Å². The van der Waals surface area contributed by atoms with Gasteiger partial charge in [0, 0.05) is 17.8 Å². The summed E-state index contributed by atoms with van der Waals surface area (Å²) >= 11 is 1.51. The minimum absolute atomic E-state index is 0. The fraction of sp³-hybridized carbons (Fsp3) is 0.286. The van der Waals surface area contributed by atoms with Crippen molar-refractivity contribution in [2.45, 2.75) is 6.42 Å². The molecule has 1 heterocycles. The molecular formula is C7H7NaO3S. The number of carboxylic acid groups (broad SMARTS) is 1. The number of thiophene rings is 1. The molecule has 0 aromatic carbocycles. The van der Waals surface area contributed by atoms with Crippen molar-refractivity contribution in [3.63, 3.8) is 0 Å². The van der Waals surface area contributed by atoms with Gasteiger partial charge < -0.3 is 14.6 Å². The van der Waals surface area contributed by atoms with E-state index in [0.717, 1.165) is 5.75 Å². The summed E-state index contributed by atoms with van der Waals surface area (Å²) in [5.41, 5.74) is 0. The topological polar surface area (TPSA) is 49.4 Å². The fourth-order valence-corrected chi connectivity index (χ4v) is 1.16. The van der Waals surface area contributed by atoms with E-state index in [1.54, 1.807) is 6.07 Å². The predicted octanol–water partition coefficient (Wildman–Crippen LogP) is -2.73. The largest absolute Gasteiger partial charge is 1.00 e. The zero-order chi connectivity index (χ0) is 8.10. The minimum atomic E-state index is -1.08. The van der Waals surface area contributed by atoms with Crippen LogP contribution in [0.3, 0.4) is 0 Å². The van der Waals surface area contributed by atoms with E-state index < -0.39 is 5.97 Å². The van der Waals surface area contributed by atoms with Crippen LogP contribution in [0.4, 0.5) is 0 Å². The Morgan fingerprint density at radius 1 is 1.67 bits per heavy atom. The molecule has 1 aromatic rings. The van der Waals surface area contributed by atoms with Crippen LogP contribution in [-0.4, -0.2) is 12.6 Å². The molecule has 0 saturated heterocycles. The molecule has 3 nitrogen and oxygen atoms in total. The van der Waals surface area contributed by atoms with Gasteiger partial charge in [0.05, 0.1) is 6.61 Å². The molecule has 12 heavy (non-hydrogen) atoms. The standard InChI is InChI=1S/C7H8O3S.Na/c8-7(9)1-3-10-6-2-4-11-5-6;/h2,4-5H,1,3H2,(H,8,9);/q;+1/p-1. The predicted molar refractivity (Wildman–Crippen MR) is 39.4 cm³/mol. The van der Waals surface area contributed by atoms with E-state index >= 15 is 0 Å². The van der Waals surface area contributed by atoms with Crippen molar-refractivity contribution in [3.05, 3.63) is 16.8 Å². The molecule has 0 saturated carbocycles. The van der Waals surface area contributed by atoms with Crippen LogP contribution in [0.2, 0.25) is 0 Å². The first-order valence-corrected chi connectivity index (χ1v) is 4.08. The maximum atomic E-state index is 9.94. The molecule has 1 aromatic heterocycles. The zero-order valence-corrected chi connectivity index (χ0v) is 9.60. The van der Waals surface area contributed by atoms with Gasteiger partial charge in [0.15, 0.2) is 0 Å². The van der Waals surface area contributed by atoms with E-state index in [2.05, 4.69) is 0 Å². The first-order valence-electron chi connectivity index (χ1n) is 3.14. The van der Waals surface area contributed by atoms with E-state index in [1.807, 2.05) is 10.8 Å². The Bertz CT molecular complexity index is 223. The first-order chi connectivity index (χ1) is 5.29. The molecule has 0 amide bonds. The number of hydrogen-bond acceptors (Lipinski definition) is 4. The van der Waals surface area contributed by atoms with Crippen molar-refractivity contribution in [1.82, 2.24) is 0 Å². The number of rotatable bonds is 4. The third-order valence-electron chi connectivity index (χ3n) is 1.07. The maximum absolute atomic E-state index is 9.94. The second kappa shape index (κ2) is 6.48. The van der Waals surface area contributed by atoms with Gasteiger partial charge in [0.2, 0.25) is 0 Å². The summed E-state index contributed by atoms with van der Waals surface area (Å²) in [6.45, 7) is 0.180. The van der Waals surface area contributed by atoms with Crippen LogP contribution in [0.1, 0.15) is 6.42 Å². The van der Waals surface area contributed by atoms with Crippen LogP contribution in [0, 0.1) is 0 Å². The SMILES string of the molecule is O=C([O-])CCOc1ccsc1.[Na+]. The van der Waals surface area contributed by atoms with Gasteiger partial charge in [0.25, 0.3) is 0 Å². The van der Waals surface area contributed by atoms with Gasteiger partial charge in [-0.2, -0.15) is 0 Å². The number of ether oxygens (including phenoxy) is 1. The smallest absolute Gasteiger partial charge is 0.550 e. The number of hydrogen-bond donors (Lipinski definition) is 0. The summed E-state index contributed by atoms with van der Waals surface area (Å²) < 4.78 is 5.05. The Kier molecular flexibility index (Phi) is 6.47. The Labute approximate surface area is 96.6 Å². The van der Waals surface area contributed by atoms with Crippen molar-refractivity contribution in [3.8, 4) is 5.75 Å². The normalized spacial score (nSPS) is 8.67. The van der Waals surface area contributed by atoms with E-state index in [1.165, 1.54) is 11.3 Å². The van der Waals surface area contributed by atoms with E-state index in [0.29, 0.717) is 0 Å². The minimum Gasteiger partial charge on any atom is -0.550 e. The summed E-state index contributed by atoms with van der Waals surface area (Å²) in [5, 5.41) is 13.6. The molecule has 1 rings (SSSR count). The summed E-state index contributed by atoms with van der Waals surface area (Å²) in [6, 6.07) is 1.79. The van der Waals surface area contributed by atoms with Crippen LogP contribution >= 0.6 is 11.3 Å². The molecular weight excluding hydrogens is 187 g/mol. The van der Waals surface area contributed by atoms with Crippen LogP contribution in [0.15, 0.2) is 16.8 Å². The number of carbonyl (C=O) groups is 1. The van der Waals surface area contributed by atoms with Gasteiger partial charge in [-0.25, -0.2) is 0 Å². The Hall–Kier alpha value is -0.0300. The molecule has 5 heteroatoms. The molecule has 0 N–H and O–H groups in total. The summed E-state index contributed by atoms with van der Waals surface area (Å²) in [5.74, 6) is -0.364. The van der Waals surface area contributed by atoms with Crippen molar-refractivity contribution < 1.29 is 44.2 Å². The maximum Gasteiger partial charge on any atom is 1.00 e. The third-order valence-corrected chi connectivity index (χ3v) is 1.73. The molecule has 0 radical (unpaired) electrons. The monoisotopic (exact) mass is 194 g/mol. The molecule has 0 aliphatic rings. The van der Waals surface area contributed by atoms with E-state index in [-0.39, 0.29) is 42.6 Å². The quantitative estimate of drug-likeness (QED) is 0.489. The Balaban J connectivity index is 0.00000121. The third kappa shape index (κ3) is 4.77. The van der Waals surface area contributed by atoms with Crippen molar-refractivity contribution in [1.29, 1.82) is 0 Å². The molecule has 60 valence electrons. The second-order valence-electron chi connectivity index (χ2n) is 1.93. The van der Waals surface area contributed by atoms with Crippen molar-refractivity contribution in [2.75, 3.05) is 6.61 Å². The fourth-order valence-electron chi connectivity index (χ4n) is 0.586. The van der Waals surface area contributed by atoms with Gasteiger partial charge in [-0.05, 0) is 11.4 Å². The van der Waals surface area contributed by atoms with Gasteiger partial charge in [-0.15, -0.1) is 11.3 Å². The van der Waals surface area contributed by atoms with Gasteiger partial charge in [-0.3, -0.25) is 0 Å². The van der Waals surface area contributed by atoms with Gasteiger partial charge >= 0.3 is 29.6 Å². The second-order valence-corrected chi connectivity index (χ2v) is 2.71. The molecule has 0 aliphatic carbocycles. The molecule has 0 aliphatic heterocycles. The van der Waals surface area contributed by atoms with Crippen molar-refractivity contribution >= 4 is 17.3 Å².